The Morgan fingerprint density at radius 2 is 1.94 bits per heavy atom. The van der Waals surface area contributed by atoms with Gasteiger partial charge in [-0.05, 0) is 36.9 Å². The zero-order valence-corrected chi connectivity index (χ0v) is 12.8. The molecule has 0 saturated heterocycles. The predicted molar refractivity (Wildman–Crippen MR) is 79.2 cm³/mol. The van der Waals surface area contributed by atoms with E-state index in [-0.39, 0.29) is 0 Å². The highest BCUT2D eigenvalue weighted by Gasteiger charge is 2.15. The summed E-state index contributed by atoms with van der Waals surface area (Å²) in [5, 5.41) is 3.66. The third-order valence-electron chi connectivity index (χ3n) is 3.26. The average molecular weight is 298 g/mol. The number of hydrogen-bond acceptors (Lipinski definition) is 1. The fraction of sp³-hybridized carbons (Fsp3) is 0.600. The van der Waals surface area contributed by atoms with Gasteiger partial charge in [0.05, 0.1) is 0 Å². The van der Waals surface area contributed by atoms with Crippen molar-refractivity contribution in [3.63, 3.8) is 0 Å². The van der Waals surface area contributed by atoms with Crippen LogP contribution in [0.5, 0.6) is 0 Å². The molecule has 2 unspecified atom stereocenters. The van der Waals surface area contributed by atoms with Crippen LogP contribution in [0.1, 0.15) is 51.6 Å². The van der Waals surface area contributed by atoms with Gasteiger partial charge in [-0.2, -0.15) is 0 Å². The SMILES string of the molecule is CCCNC(CC(C)CC)c1ccccc1Br. The van der Waals surface area contributed by atoms with E-state index in [0.29, 0.717) is 6.04 Å². The van der Waals surface area contributed by atoms with Gasteiger partial charge >= 0.3 is 0 Å². The number of nitrogens with one attached hydrogen (secondary N) is 1. The van der Waals surface area contributed by atoms with Gasteiger partial charge in [0, 0.05) is 10.5 Å². The maximum Gasteiger partial charge on any atom is 0.0333 e. The second kappa shape index (κ2) is 7.88. The van der Waals surface area contributed by atoms with Gasteiger partial charge in [-0.15, -0.1) is 0 Å². The summed E-state index contributed by atoms with van der Waals surface area (Å²) in [5.41, 5.74) is 1.39. The van der Waals surface area contributed by atoms with Gasteiger partial charge in [-0.1, -0.05) is 61.3 Å². The van der Waals surface area contributed by atoms with Crippen LogP contribution in [0.3, 0.4) is 0 Å². The summed E-state index contributed by atoms with van der Waals surface area (Å²) in [4.78, 5) is 0. The minimum absolute atomic E-state index is 0.473. The van der Waals surface area contributed by atoms with Gasteiger partial charge in [0.1, 0.15) is 0 Å². The fourth-order valence-corrected chi connectivity index (χ4v) is 2.53. The van der Waals surface area contributed by atoms with E-state index in [2.05, 4.69) is 66.3 Å². The number of rotatable bonds is 7. The lowest BCUT2D eigenvalue weighted by Crippen LogP contribution is -2.24. The zero-order valence-electron chi connectivity index (χ0n) is 11.2. The van der Waals surface area contributed by atoms with E-state index in [1.165, 1.54) is 29.3 Å². The molecular formula is C15H24BrN. The Hall–Kier alpha value is -0.340. The van der Waals surface area contributed by atoms with Crippen molar-refractivity contribution in [3.05, 3.63) is 34.3 Å². The number of benzene rings is 1. The Morgan fingerprint density at radius 3 is 2.53 bits per heavy atom. The van der Waals surface area contributed by atoms with Crippen LogP contribution in [-0.4, -0.2) is 6.54 Å². The quantitative estimate of drug-likeness (QED) is 0.753. The molecule has 96 valence electrons. The molecule has 0 fully saturated rings. The zero-order chi connectivity index (χ0) is 12.7. The molecule has 0 aliphatic heterocycles. The van der Waals surface area contributed by atoms with Gasteiger partial charge in [-0.25, -0.2) is 0 Å². The molecule has 1 aromatic rings. The van der Waals surface area contributed by atoms with Crippen molar-refractivity contribution < 1.29 is 0 Å². The topological polar surface area (TPSA) is 12.0 Å². The lowest BCUT2D eigenvalue weighted by atomic mass is 9.94. The summed E-state index contributed by atoms with van der Waals surface area (Å²) in [6, 6.07) is 9.03. The van der Waals surface area contributed by atoms with Gasteiger partial charge in [0.15, 0.2) is 0 Å². The standard InChI is InChI=1S/C15H24BrN/c1-4-10-17-15(11-12(3)5-2)13-8-6-7-9-14(13)16/h6-9,12,15,17H,4-5,10-11H2,1-3H3. The second-order valence-electron chi connectivity index (χ2n) is 4.78. The minimum atomic E-state index is 0.473. The minimum Gasteiger partial charge on any atom is -0.310 e. The molecular weight excluding hydrogens is 274 g/mol. The maximum atomic E-state index is 3.66. The first-order chi connectivity index (χ1) is 8.19. The van der Waals surface area contributed by atoms with Gasteiger partial charge < -0.3 is 5.32 Å². The van der Waals surface area contributed by atoms with E-state index >= 15 is 0 Å². The molecule has 2 heteroatoms. The first kappa shape index (κ1) is 14.7. The highest BCUT2D eigenvalue weighted by Crippen LogP contribution is 2.28. The van der Waals surface area contributed by atoms with Crippen LogP contribution in [0, 0.1) is 5.92 Å². The molecule has 1 N–H and O–H groups in total. The van der Waals surface area contributed by atoms with E-state index < -0.39 is 0 Å². The van der Waals surface area contributed by atoms with Crippen LogP contribution in [0.2, 0.25) is 0 Å². The normalized spacial score (nSPS) is 14.6. The van der Waals surface area contributed by atoms with Gasteiger partial charge in [-0.3, -0.25) is 0 Å². The predicted octanol–water partition coefficient (Wildman–Crippen LogP) is 4.93. The molecule has 0 aliphatic rings. The summed E-state index contributed by atoms with van der Waals surface area (Å²) in [5.74, 6) is 0.761. The Bertz CT molecular complexity index is 324. The van der Waals surface area contributed by atoms with E-state index in [4.69, 9.17) is 0 Å². The van der Waals surface area contributed by atoms with Crippen molar-refractivity contribution in [1.82, 2.24) is 5.32 Å². The molecule has 0 saturated carbocycles. The first-order valence-corrected chi connectivity index (χ1v) is 7.46. The van der Waals surface area contributed by atoms with E-state index in [1.54, 1.807) is 0 Å². The summed E-state index contributed by atoms with van der Waals surface area (Å²) >= 11 is 3.66. The Morgan fingerprint density at radius 1 is 1.24 bits per heavy atom. The largest absolute Gasteiger partial charge is 0.310 e. The van der Waals surface area contributed by atoms with E-state index in [9.17, 15) is 0 Å². The Balaban J connectivity index is 2.78. The highest BCUT2D eigenvalue weighted by molar-refractivity contribution is 9.10. The molecule has 1 aromatic carbocycles. The molecule has 0 radical (unpaired) electrons. The van der Waals surface area contributed by atoms with Gasteiger partial charge in [0.25, 0.3) is 0 Å². The van der Waals surface area contributed by atoms with Crippen molar-refractivity contribution in [2.24, 2.45) is 5.92 Å². The van der Waals surface area contributed by atoms with Crippen LogP contribution in [-0.2, 0) is 0 Å². The van der Waals surface area contributed by atoms with Crippen molar-refractivity contribution in [2.75, 3.05) is 6.54 Å². The molecule has 0 aliphatic carbocycles. The van der Waals surface area contributed by atoms with E-state index in [1.807, 2.05) is 0 Å². The third kappa shape index (κ3) is 4.81. The smallest absolute Gasteiger partial charge is 0.0333 e. The van der Waals surface area contributed by atoms with Gasteiger partial charge in [0.2, 0.25) is 0 Å². The first-order valence-electron chi connectivity index (χ1n) is 6.66. The summed E-state index contributed by atoms with van der Waals surface area (Å²) in [6.45, 7) is 7.90. The molecule has 0 amide bonds. The average Bonchev–Trinajstić information content (AvgIpc) is 2.35. The third-order valence-corrected chi connectivity index (χ3v) is 3.98. The lowest BCUT2D eigenvalue weighted by Gasteiger charge is -2.23. The number of hydrogen-bond donors (Lipinski definition) is 1. The van der Waals surface area contributed by atoms with Crippen LogP contribution < -0.4 is 5.32 Å². The maximum absolute atomic E-state index is 3.66. The van der Waals surface area contributed by atoms with Crippen LogP contribution in [0.4, 0.5) is 0 Å². The molecule has 1 rings (SSSR count). The second-order valence-corrected chi connectivity index (χ2v) is 5.63. The Kier molecular flexibility index (Phi) is 6.83. The molecule has 2 atom stereocenters. The lowest BCUT2D eigenvalue weighted by molar-refractivity contribution is 0.401. The van der Waals surface area contributed by atoms with Crippen molar-refractivity contribution in [3.8, 4) is 0 Å². The van der Waals surface area contributed by atoms with E-state index in [0.717, 1.165) is 12.5 Å². The molecule has 17 heavy (non-hydrogen) atoms. The molecule has 0 spiro atoms. The molecule has 1 nitrogen and oxygen atoms in total. The summed E-state index contributed by atoms with van der Waals surface area (Å²) in [6.07, 6.45) is 3.63. The fourth-order valence-electron chi connectivity index (χ4n) is 1.97. The number of halogens is 1. The molecule has 0 bridgehead atoms. The van der Waals surface area contributed by atoms with Crippen molar-refractivity contribution in [1.29, 1.82) is 0 Å². The molecule has 0 aromatic heterocycles. The molecule has 0 heterocycles. The van der Waals surface area contributed by atoms with Crippen molar-refractivity contribution >= 4 is 15.9 Å². The monoisotopic (exact) mass is 297 g/mol. The Labute approximate surface area is 114 Å². The summed E-state index contributed by atoms with van der Waals surface area (Å²) < 4.78 is 1.22. The summed E-state index contributed by atoms with van der Waals surface area (Å²) in [7, 11) is 0. The van der Waals surface area contributed by atoms with Crippen molar-refractivity contribution in [2.45, 2.75) is 46.1 Å². The highest BCUT2D eigenvalue weighted by atomic mass is 79.9. The van der Waals surface area contributed by atoms with Crippen LogP contribution in [0.25, 0.3) is 0 Å². The van der Waals surface area contributed by atoms with Crippen LogP contribution >= 0.6 is 15.9 Å². The van der Waals surface area contributed by atoms with Crippen LogP contribution in [0.15, 0.2) is 28.7 Å².